The van der Waals surface area contributed by atoms with Crippen molar-refractivity contribution in [3.05, 3.63) is 60.2 Å². The first-order valence-electron chi connectivity index (χ1n) is 7.46. The van der Waals surface area contributed by atoms with Crippen molar-refractivity contribution in [3.63, 3.8) is 0 Å². The van der Waals surface area contributed by atoms with E-state index in [0.29, 0.717) is 11.4 Å². The number of benzene rings is 2. The normalized spacial score (nSPS) is 17.2. The molecular weight excluding hydrogens is 324 g/mol. The van der Waals surface area contributed by atoms with E-state index in [1.807, 2.05) is 25.1 Å². The van der Waals surface area contributed by atoms with Crippen LogP contribution in [0.4, 0.5) is 16.2 Å². The maximum absolute atomic E-state index is 12.8. The van der Waals surface area contributed by atoms with Crippen molar-refractivity contribution in [2.75, 3.05) is 9.80 Å². The highest BCUT2D eigenvalue weighted by Crippen LogP contribution is 2.36. The maximum Gasteiger partial charge on any atom is 0.295 e. The van der Waals surface area contributed by atoms with E-state index >= 15 is 0 Å². The molecule has 1 aliphatic rings. The Morgan fingerprint density at radius 1 is 1.04 bits per heavy atom. The molecule has 3 amide bonds. The van der Waals surface area contributed by atoms with Gasteiger partial charge < -0.3 is 0 Å². The minimum Gasteiger partial charge on any atom is -0.290 e. The van der Waals surface area contributed by atoms with Crippen LogP contribution in [0.25, 0.3) is 0 Å². The number of para-hydroxylation sites is 2. The number of anilines is 2. The van der Waals surface area contributed by atoms with Crippen LogP contribution in [-0.2, 0) is 9.59 Å². The van der Waals surface area contributed by atoms with Crippen LogP contribution in [0.15, 0.2) is 54.6 Å². The van der Waals surface area contributed by atoms with Crippen LogP contribution in [0, 0.1) is 6.92 Å². The van der Waals surface area contributed by atoms with Gasteiger partial charge in [-0.3, -0.25) is 19.3 Å². The molecule has 0 spiro atoms. The van der Waals surface area contributed by atoms with E-state index in [1.165, 1.54) is 11.8 Å². The molecule has 1 aliphatic heterocycles. The minimum atomic E-state index is -0.892. The number of imide groups is 1. The van der Waals surface area contributed by atoms with Gasteiger partial charge in [-0.1, -0.05) is 36.4 Å². The minimum absolute atomic E-state index is 0.280. The lowest BCUT2D eigenvalue weighted by Crippen LogP contribution is -2.44. The van der Waals surface area contributed by atoms with Gasteiger partial charge in [0.25, 0.3) is 11.1 Å². The van der Waals surface area contributed by atoms with E-state index in [1.54, 1.807) is 36.4 Å². The second kappa shape index (κ2) is 6.49. The van der Waals surface area contributed by atoms with Crippen LogP contribution in [0.5, 0.6) is 0 Å². The van der Waals surface area contributed by atoms with Gasteiger partial charge in [-0.25, -0.2) is 4.90 Å². The lowest BCUT2D eigenvalue weighted by Gasteiger charge is -2.27. The second-order valence-electron chi connectivity index (χ2n) is 5.42. The van der Waals surface area contributed by atoms with Crippen LogP contribution >= 0.6 is 11.8 Å². The maximum atomic E-state index is 12.8. The van der Waals surface area contributed by atoms with Gasteiger partial charge in [0.05, 0.1) is 5.69 Å². The van der Waals surface area contributed by atoms with Crippen molar-refractivity contribution in [2.45, 2.75) is 19.2 Å². The van der Waals surface area contributed by atoms with Crippen LogP contribution in [-0.4, -0.2) is 22.4 Å². The van der Waals surface area contributed by atoms with Crippen molar-refractivity contribution in [2.24, 2.45) is 0 Å². The largest absolute Gasteiger partial charge is 0.295 e. The Hall–Kier alpha value is -2.60. The molecule has 3 rings (SSSR count). The third-order valence-corrected chi connectivity index (χ3v) is 4.81. The SMILES string of the molecule is CC(=O)N(c1ccccc1C)[C@@H]1SC(=O)N(c2ccccc2)C1=O. The average molecular weight is 340 g/mol. The summed E-state index contributed by atoms with van der Waals surface area (Å²) in [5, 5.41) is -1.27. The van der Waals surface area contributed by atoms with E-state index < -0.39 is 11.3 Å². The lowest BCUT2D eigenvalue weighted by atomic mass is 10.1. The summed E-state index contributed by atoms with van der Waals surface area (Å²) >= 11 is 0.859. The first-order chi connectivity index (χ1) is 11.5. The first kappa shape index (κ1) is 16.3. The number of thioether (sulfide) groups is 1. The molecule has 6 heteroatoms. The summed E-state index contributed by atoms with van der Waals surface area (Å²) in [6.07, 6.45) is 0. The standard InChI is InChI=1S/C18H16N2O3S/c1-12-8-6-7-11-15(12)19(13(2)21)17-16(22)20(18(23)24-17)14-9-4-3-5-10-14/h3-11,17H,1-2H3/t17-/m1/s1. The zero-order chi connectivity index (χ0) is 17.3. The molecule has 122 valence electrons. The molecule has 1 atom stereocenters. The third kappa shape index (κ3) is 2.80. The van der Waals surface area contributed by atoms with Crippen LogP contribution in [0.1, 0.15) is 12.5 Å². The topological polar surface area (TPSA) is 57.7 Å². The van der Waals surface area contributed by atoms with Crippen molar-refractivity contribution in [3.8, 4) is 0 Å². The summed E-state index contributed by atoms with van der Waals surface area (Å²) in [5.74, 6) is -0.687. The number of hydrogen-bond donors (Lipinski definition) is 0. The van der Waals surface area contributed by atoms with Gasteiger partial charge in [0.15, 0.2) is 5.37 Å². The molecule has 0 bridgehead atoms. The molecule has 1 heterocycles. The van der Waals surface area contributed by atoms with Crippen molar-refractivity contribution in [1.29, 1.82) is 0 Å². The second-order valence-corrected chi connectivity index (χ2v) is 6.45. The highest BCUT2D eigenvalue weighted by molar-refractivity contribution is 8.16. The number of hydrogen-bond acceptors (Lipinski definition) is 4. The smallest absolute Gasteiger partial charge is 0.290 e. The molecule has 0 saturated carbocycles. The lowest BCUT2D eigenvalue weighted by molar-refractivity contribution is -0.121. The molecule has 1 fully saturated rings. The van der Waals surface area contributed by atoms with E-state index in [2.05, 4.69) is 0 Å². The Morgan fingerprint density at radius 2 is 1.67 bits per heavy atom. The Morgan fingerprint density at radius 3 is 2.29 bits per heavy atom. The number of carbonyl (C=O) groups excluding carboxylic acids is 3. The fourth-order valence-corrected chi connectivity index (χ4v) is 3.73. The molecule has 0 radical (unpaired) electrons. The quantitative estimate of drug-likeness (QED) is 0.857. The van der Waals surface area contributed by atoms with Gasteiger partial charge in [-0.05, 0) is 42.4 Å². The number of rotatable bonds is 3. The Labute approximate surface area is 144 Å². The Kier molecular flexibility index (Phi) is 4.40. The molecule has 0 N–H and O–H groups in total. The highest BCUT2D eigenvalue weighted by Gasteiger charge is 2.45. The molecular formula is C18H16N2O3S. The number of aryl methyl sites for hydroxylation is 1. The fourth-order valence-electron chi connectivity index (χ4n) is 2.67. The fraction of sp³-hybridized carbons (Fsp3) is 0.167. The number of nitrogens with zero attached hydrogens (tertiary/aromatic N) is 2. The van der Waals surface area contributed by atoms with E-state index in [0.717, 1.165) is 22.2 Å². The zero-order valence-electron chi connectivity index (χ0n) is 13.3. The van der Waals surface area contributed by atoms with Gasteiger partial charge in [0.2, 0.25) is 5.91 Å². The third-order valence-electron chi connectivity index (χ3n) is 3.79. The first-order valence-corrected chi connectivity index (χ1v) is 8.33. The van der Waals surface area contributed by atoms with Crippen LogP contribution in [0.3, 0.4) is 0 Å². The van der Waals surface area contributed by atoms with Crippen molar-refractivity contribution >= 4 is 40.2 Å². The molecule has 24 heavy (non-hydrogen) atoms. The highest BCUT2D eigenvalue weighted by atomic mass is 32.2. The summed E-state index contributed by atoms with van der Waals surface area (Å²) in [7, 11) is 0. The van der Waals surface area contributed by atoms with E-state index in [-0.39, 0.29) is 11.1 Å². The zero-order valence-corrected chi connectivity index (χ0v) is 14.1. The molecule has 1 saturated heterocycles. The summed E-state index contributed by atoms with van der Waals surface area (Å²) < 4.78 is 0. The average Bonchev–Trinajstić information content (AvgIpc) is 2.85. The van der Waals surface area contributed by atoms with Crippen molar-refractivity contribution < 1.29 is 14.4 Å². The van der Waals surface area contributed by atoms with Gasteiger partial charge in [-0.15, -0.1) is 0 Å². The van der Waals surface area contributed by atoms with Crippen LogP contribution in [0.2, 0.25) is 0 Å². The van der Waals surface area contributed by atoms with Gasteiger partial charge in [0.1, 0.15) is 0 Å². The van der Waals surface area contributed by atoms with Gasteiger partial charge in [0, 0.05) is 12.6 Å². The number of amides is 3. The predicted octanol–water partition coefficient (Wildman–Crippen LogP) is 3.57. The summed E-state index contributed by atoms with van der Waals surface area (Å²) in [4.78, 5) is 39.9. The molecule has 0 aliphatic carbocycles. The molecule has 5 nitrogen and oxygen atoms in total. The molecule has 0 unspecified atom stereocenters. The van der Waals surface area contributed by atoms with Crippen molar-refractivity contribution in [1.82, 2.24) is 0 Å². The summed E-state index contributed by atoms with van der Waals surface area (Å²) in [5.41, 5.74) is 2.01. The Bertz CT molecular complexity index is 807. The Balaban J connectivity index is 1.99. The molecule has 2 aromatic carbocycles. The van der Waals surface area contributed by atoms with Gasteiger partial charge >= 0.3 is 0 Å². The van der Waals surface area contributed by atoms with Gasteiger partial charge in [-0.2, -0.15) is 0 Å². The monoisotopic (exact) mass is 340 g/mol. The van der Waals surface area contributed by atoms with Crippen LogP contribution < -0.4 is 9.80 Å². The summed E-state index contributed by atoms with van der Waals surface area (Å²) in [6.45, 7) is 3.27. The molecule has 0 aromatic heterocycles. The van der Waals surface area contributed by atoms with E-state index in [4.69, 9.17) is 0 Å². The van der Waals surface area contributed by atoms with E-state index in [9.17, 15) is 14.4 Å². The predicted molar refractivity (Wildman–Crippen MR) is 95.0 cm³/mol. The number of carbonyl (C=O) groups is 3. The summed E-state index contributed by atoms with van der Waals surface area (Å²) in [6, 6.07) is 16.0. The molecule has 2 aromatic rings.